The van der Waals surface area contributed by atoms with Crippen molar-refractivity contribution in [3.8, 4) is 0 Å². The summed E-state index contributed by atoms with van der Waals surface area (Å²) >= 11 is 12.2. The average molecular weight is 506 g/mol. The minimum Gasteiger partial charge on any atom is -0.370 e. The zero-order chi connectivity index (χ0) is 24.5. The third-order valence-corrected chi connectivity index (χ3v) is 7.82. The minimum absolute atomic E-state index is 0.0154. The quantitative estimate of drug-likeness (QED) is 0.545. The highest BCUT2D eigenvalue weighted by Crippen LogP contribution is 2.51. The van der Waals surface area contributed by atoms with Gasteiger partial charge in [-0.1, -0.05) is 23.2 Å². The van der Waals surface area contributed by atoms with Crippen LogP contribution in [-0.4, -0.2) is 29.7 Å². The highest BCUT2D eigenvalue weighted by molar-refractivity contribution is 6.33. The second-order valence-electron chi connectivity index (χ2n) is 8.87. The van der Waals surface area contributed by atoms with Crippen LogP contribution in [0.1, 0.15) is 24.0 Å². The summed E-state index contributed by atoms with van der Waals surface area (Å²) in [4.78, 5) is 53.4. The lowest BCUT2D eigenvalue weighted by Gasteiger charge is -2.26. The van der Waals surface area contributed by atoms with Crippen molar-refractivity contribution >= 4 is 58.2 Å². The molecule has 5 N–H and O–H groups in total. The van der Waals surface area contributed by atoms with Crippen LogP contribution in [-0.2, 0) is 24.7 Å². The summed E-state index contributed by atoms with van der Waals surface area (Å²) in [6.45, 7) is 1.76. The van der Waals surface area contributed by atoms with Crippen molar-refractivity contribution in [3.63, 3.8) is 0 Å². The van der Waals surface area contributed by atoms with Crippen molar-refractivity contribution in [3.05, 3.63) is 57.3 Å². The molecule has 11 heteroatoms. The minimum atomic E-state index is -1.43. The van der Waals surface area contributed by atoms with Gasteiger partial charge in [-0.25, -0.2) is 9.29 Å². The van der Waals surface area contributed by atoms with Crippen LogP contribution in [0.25, 0.3) is 0 Å². The molecule has 5 rings (SSSR count). The van der Waals surface area contributed by atoms with Crippen LogP contribution >= 0.6 is 23.2 Å². The second kappa shape index (κ2) is 7.76. The number of benzene rings is 2. The van der Waals surface area contributed by atoms with Gasteiger partial charge in [0.05, 0.1) is 16.4 Å². The number of carbonyl (C=O) groups excluding carboxylic acids is 4. The fraction of sp³-hybridized carbons (Fsp3) is 0.304. The Morgan fingerprint density at radius 2 is 1.91 bits per heavy atom. The number of nitrogens with zero attached hydrogens (tertiary/aromatic N) is 1. The lowest BCUT2D eigenvalue weighted by atomic mass is 9.76. The summed E-state index contributed by atoms with van der Waals surface area (Å²) in [6.07, 6.45) is 0.183. The molecule has 0 radical (unpaired) electrons. The summed E-state index contributed by atoms with van der Waals surface area (Å²) in [7, 11) is 0. The van der Waals surface area contributed by atoms with Crippen LogP contribution in [0.15, 0.2) is 30.3 Å². The Morgan fingerprint density at radius 3 is 2.59 bits per heavy atom. The largest absolute Gasteiger partial charge is 0.370 e. The Labute approximate surface area is 203 Å². The molecule has 0 aliphatic carbocycles. The van der Waals surface area contributed by atoms with Gasteiger partial charge in [0.1, 0.15) is 23.7 Å². The molecule has 176 valence electrons. The van der Waals surface area contributed by atoms with E-state index in [4.69, 9.17) is 28.9 Å². The summed E-state index contributed by atoms with van der Waals surface area (Å²) < 4.78 is 13.7. The Kier molecular flexibility index (Phi) is 5.20. The van der Waals surface area contributed by atoms with Gasteiger partial charge in [-0.3, -0.25) is 19.2 Å². The molecule has 0 saturated carbocycles. The first-order chi connectivity index (χ1) is 16.1. The van der Waals surface area contributed by atoms with Crippen LogP contribution < -0.4 is 21.3 Å². The Morgan fingerprint density at radius 1 is 1.18 bits per heavy atom. The van der Waals surface area contributed by atoms with E-state index in [-0.39, 0.29) is 23.6 Å². The van der Waals surface area contributed by atoms with Crippen molar-refractivity contribution in [2.45, 2.75) is 31.3 Å². The van der Waals surface area contributed by atoms with Crippen LogP contribution in [0.3, 0.4) is 0 Å². The number of fused-ring (bicyclic) bond motifs is 4. The average Bonchev–Trinajstić information content (AvgIpc) is 3.36. The Hall–Kier alpha value is -3.01. The fourth-order valence-electron chi connectivity index (χ4n) is 5.60. The lowest BCUT2D eigenvalue weighted by molar-refractivity contribution is -0.733. The van der Waals surface area contributed by atoms with Crippen molar-refractivity contribution in [1.29, 1.82) is 0 Å². The number of anilines is 2. The number of amides is 4. The maximum Gasteiger partial charge on any atom is 0.291 e. The van der Waals surface area contributed by atoms with E-state index in [2.05, 4.69) is 5.32 Å². The van der Waals surface area contributed by atoms with Crippen LogP contribution in [0.4, 0.5) is 15.8 Å². The molecule has 1 spiro atoms. The SMILES string of the molecule is Cc1c(Cl)ccc2c1NC(=O)[C@@]21[NH2+][C@H](CCC(N)=O)[C@H]2C(=O)N(c3ccc(F)c(Cl)c3)C(=O)[C@H]21. The van der Waals surface area contributed by atoms with Crippen molar-refractivity contribution in [2.24, 2.45) is 17.6 Å². The van der Waals surface area contributed by atoms with Gasteiger partial charge in [-0.15, -0.1) is 0 Å². The standard InChI is InChI=1S/C23H19Cl2FN4O4/c1-9-12(24)4-3-11-19(9)28-22(34)23(11)18-17(15(29-23)6-7-16(27)31)20(32)30(21(18)33)10-2-5-14(26)13(25)8-10/h2-5,8,15,17-18,29H,6-7H2,1H3,(H2,27,31)(H,28,34)/p+1/t15-,17-,18+,23-/m1/s1. The smallest absolute Gasteiger partial charge is 0.291 e. The highest BCUT2D eigenvalue weighted by Gasteiger charge is 2.74. The molecule has 0 unspecified atom stereocenters. The number of primary amides is 1. The van der Waals surface area contributed by atoms with Crippen LogP contribution in [0.5, 0.6) is 0 Å². The maximum absolute atomic E-state index is 13.8. The van der Waals surface area contributed by atoms with E-state index >= 15 is 0 Å². The van der Waals surface area contributed by atoms with E-state index < -0.39 is 52.9 Å². The first kappa shape index (κ1) is 22.8. The number of quaternary nitrogens is 1. The number of rotatable bonds is 4. The van der Waals surface area contributed by atoms with Crippen molar-refractivity contribution in [2.75, 3.05) is 10.2 Å². The zero-order valence-electron chi connectivity index (χ0n) is 17.9. The molecular formula is C23H20Cl2FN4O4+. The van der Waals surface area contributed by atoms with E-state index in [0.717, 1.165) is 11.0 Å². The summed E-state index contributed by atoms with van der Waals surface area (Å²) in [5, 5.41) is 4.77. The predicted molar refractivity (Wildman–Crippen MR) is 122 cm³/mol. The molecule has 2 saturated heterocycles. The molecule has 34 heavy (non-hydrogen) atoms. The predicted octanol–water partition coefficient (Wildman–Crippen LogP) is 1.61. The van der Waals surface area contributed by atoms with Crippen molar-refractivity contribution < 1.29 is 28.9 Å². The van der Waals surface area contributed by atoms with Gasteiger partial charge in [0.25, 0.3) is 5.91 Å². The highest BCUT2D eigenvalue weighted by atomic mass is 35.5. The molecule has 8 nitrogen and oxygen atoms in total. The third kappa shape index (κ3) is 3.00. The third-order valence-electron chi connectivity index (χ3n) is 7.12. The normalized spacial score (nSPS) is 27.4. The lowest BCUT2D eigenvalue weighted by Crippen LogP contribution is -2.99. The van der Waals surface area contributed by atoms with Gasteiger partial charge in [0.2, 0.25) is 23.3 Å². The molecule has 3 aliphatic heterocycles. The zero-order valence-corrected chi connectivity index (χ0v) is 19.4. The summed E-state index contributed by atoms with van der Waals surface area (Å²) in [5.41, 5.74) is 5.74. The maximum atomic E-state index is 13.8. The van der Waals surface area contributed by atoms with Gasteiger partial charge in [0, 0.05) is 23.4 Å². The number of nitrogens with two attached hydrogens (primary N) is 2. The van der Waals surface area contributed by atoms with Crippen molar-refractivity contribution in [1.82, 2.24) is 0 Å². The molecule has 2 fully saturated rings. The molecule has 2 aromatic carbocycles. The monoisotopic (exact) mass is 505 g/mol. The van der Waals surface area contributed by atoms with Gasteiger partial charge >= 0.3 is 0 Å². The number of carbonyl (C=O) groups is 4. The number of nitrogens with one attached hydrogen (secondary N) is 1. The topological polar surface area (TPSA) is 126 Å². The molecule has 4 atom stereocenters. The van der Waals surface area contributed by atoms with Gasteiger partial charge in [-0.05, 0) is 42.8 Å². The number of imide groups is 1. The molecular weight excluding hydrogens is 486 g/mol. The summed E-state index contributed by atoms with van der Waals surface area (Å²) in [5.74, 6) is -4.76. The number of hydrogen-bond acceptors (Lipinski definition) is 4. The first-order valence-electron chi connectivity index (χ1n) is 10.7. The number of hydrogen-bond donors (Lipinski definition) is 3. The van der Waals surface area contributed by atoms with Gasteiger partial charge in [-0.2, -0.15) is 0 Å². The molecule has 3 heterocycles. The van der Waals surface area contributed by atoms with E-state index in [9.17, 15) is 23.6 Å². The fourth-order valence-corrected chi connectivity index (χ4v) is 5.93. The molecule has 4 amide bonds. The van der Waals surface area contributed by atoms with Crippen LogP contribution in [0.2, 0.25) is 10.0 Å². The first-order valence-corrected chi connectivity index (χ1v) is 11.4. The van der Waals surface area contributed by atoms with E-state index in [0.29, 0.717) is 21.8 Å². The van der Waals surface area contributed by atoms with E-state index in [1.54, 1.807) is 24.4 Å². The molecule has 2 aromatic rings. The Balaban J connectivity index is 1.67. The van der Waals surface area contributed by atoms with Gasteiger partial charge < -0.3 is 16.4 Å². The molecule has 0 bridgehead atoms. The van der Waals surface area contributed by atoms with Gasteiger partial charge in [0.15, 0.2) is 0 Å². The summed E-state index contributed by atoms with van der Waals surface area (Å²) in [6, 6.07) is 6.33. The van der Waals surface area contributed by atoms with E-state index in [1.165, 1.54) is 12.1 Å². The molecule has 3 aliphatic rings. The number of halogens is 3. The van der Waals surface area contributed by atoms with E-state index in [1.807, 2.05) is 0 Å². The Bertz CT molecular complexity index is 1300. The van der Waals surface area contributed by atoms with Crippen LogP contribution in [0, 0.1) is 24.6 Å². The second-order valence-corrected chi connectivity index (χ2v) is 9.68. The molecule has 0 aromatic heterocycles.